The van der Waals surface area contributed by atoms with E-state index in [1.807, 2.05) is 30.3 Å². The van der Waals surface area contributed by atoms with E-state index >= 15 is 0 Å². The van der Waals surface area contributed by atoms with Gasteiger partial charge in [-0.3, -0.25) is 0 Å². The van der Waals surface area contributed by atoms with Gasteiger partial charge in [0.05, 0.1) is 6.61 Å². The summed E-state index contributed by atoms with van der Waals surface area (Å²) in [5.41, 5.74) is 1.39. The zero-order valence-electron chi connectivity index (χ0n) is 12.6. The summed E-state index contributed by atoms with van der Waals surface area (Å²) in [6.07, 6.45) is 3.10. The number of rotatable bonds is 8. The first-order valence-electron chi connectivity index (χ1n) is 7.60. The van der Waals surface area contributed by atoms with Crippen molar-refractivity contribution in [2.45, 2.75) is 31.6 Å². The molecule has 0 spiro atoms. The van der Waals surface area contributed by atoms with Gasteiger partial charge in [-0.05, 0) is 37.0 Å². The molecule has 0 amide bonds. The van der Waals surface area contributed by atoms with Crippen LogP contribution in [0.5, 0.6) is 5.75 Å². The molecule has 0 aliphatic heterocycles. The Kier molecular flexibility index (Phi) is 6.13. The number of alkyl halides is 1. The fraction of sp³-hybridized carbons (Fsp3) is 0.368. The number of ether oxygens (including phenoxy) is 1. The highest BCUT2D eigenvalue weighted by atomic mass is 35.5. The van der Waals surface area contributed by atoms with Gasteiger partial charge in [0.1, 0.15) is 5.75 Å². The summed E-state index contributed by atoms with van der Waals surface area (Å²) in [6, 6.07) is 20.6. The smallest absolute Gasteiger partial charge is 0.119 e. The summed E-state index contributed by atoms with van der Waals surface area (Å²) >= 11 is 6.31. The SMILES string of the molecule is CCC(CCl)(CCCOc1ccccc1)c1ccccc1. The first-order chi connectivity index (χ1) is 10.3. The lowest BCUT2D eigenvalue weighted by Crippen LogP contribution is -2.28. The molecule has 0 heterocycles. The molecule has 2 aromatic rings. The van der Waals surface area contributed by atoms with Gasteiger partial charge in [0.2, 0.25) is 0 Å². The van der Waals surface area contributed by atoms with Gasteiger partial charge in [0, 0.05) is 11.3 Å². The Bertz CT molecular complexity index is 506. The lowest BCUT2D eigenvalue weighted by Gasteiger charge is -2.31. The molecular formula is C19H23ClO. The monoisotopic (exact) mass is 302 g/mol. The van der Waals surface area contributed by atoms with Gasteiger partial charge >= 0.3 is 0 Å². The van der Waals surface area contributed by atoms with Crippen LogP contribution in [0, 0.1) is 0 Å². The van der Waals surface area contributed by atoms with Crippen molar-refractivity contribution in [3.63, 3.8) is 0 Å². The third-order valence-corrected chi connectivity index (χ3v) is 4.64. The van der Waals surface area contributed by atoms with Crippen LogP contribution in [0.1, 0.15) is 31.7 Å². The third kappa shape index (κ3) is 4.25. The number of para-hydroxylation sites is 1. The molecule has 0 saturated heterocycles. The van der Waals surface area contributed by atoms with Crippen LogP contribution in [-0.4, -0.2) is 12.5 Å². The Morgan fingerprint density at radius 1 is 0.952 bits per heavy atom. The second kappa shape index (κ2) is 8.09. The predicted molar refractivity (Wildman–Crippen MR) is 90.3 cm³/mol. The molecule has 0 aliphatic rings. The van der Waals surface area contributed by atoms with Crippen molar-refractivity contribution in [3.05, 3.63) is 66.2 Å². The Balaban J connectivity index is 1.92. The lowest BCUT2D eigenvalue weighted by molar-refractivity contribution is 0.282. The molecule has 0 N–H and O–H groups in total. The van der Waals surface area contributed by atoms with E-state index in [9.17, 15) is 0 Å². The van der Waals surface area contributed by atoms with Gasteiger partial charge in [0.25, 0.3) is 0 Å². The summed E-state index contributed by atoms with van der Waals surface area (Å²) in [6.45, 7) is 2.95. The molecule has 0 aromatic heterocycles. The standard InChI is InChI=1S/C19H23ClO/c1-2-19(16-20,17-10-5-3-6-11-17)14-9-15-21-18-12-7-4-8-13-18/h3-8,10-13H,2,9,14-16H2,1H3. The first kappa shape index (κ1) is 15.9. The average Bonchev–Trinajstić information content (AvgIpc) is 2.57. The van der Waals surface area contributed by atoms with Crippen LogP contribution >= 0.6 is 11.6 Å². The normalized spacial score (nSPS) is 13.6. The Morgan fingerprint density at radius 2 is 1.57 bits per heavy atom. The maximum absolute atomic E-state index is 6.31. The molecule has 112 valence electrons. The quantitative estimate of drug-likeness (QED) is 0.466. The van der Waals surface area contributed by atoms with E-state index in [4.69, 9.17) is 16.3 Å². The van der Waals surface area contributed by atoms with Crippen molar-refractivity contribution in [3.8, 4) is 5.75 Å². The van der Waals surface area contributed by atoms with Crippen molar-refractivity contribution in [2.75, 3.05) is 12.5 Å². The minimum atomic E-state index is 0.0584. The molecule has 2 rings (SSSR count). The Morgan fingerprint density at radius 3 is 2.14 bits per heavy atom. The van der Waals surface area contributed by atoms with Crippen LogP contribution in [-0.2, 0) is 5.41 Å². The van der Waals surface area contributed by atoms with Gasteiger partial charge < -0.3 is 4.74 Å². The van der Waals surface area contributed by atoms with Crippen LogP contribution in [0.25, 0.3) is 0 Å². The van der Waals surface area contributed by atoms with Crippen LogP contribution in [0.2, 0.25) is 0 Å². The van der Waals surface area contributed by atoms with Crippen LogP contribution in [0.4, 0.5) is 0 Å². The molecular weight excluding hydrogens is 280 g/mol. The highest BCUT2D eigenvalue weighted by Gasteiger charge is 2.28. The van der Waals surface area contributed by atoms with E-state index in [1.165, 1.54) is 5.56 Å². The second-order valence-electron chi connectivity index (χ2n) is 5.40. The van der Waals surface area contributed by atoms with Crippen molar-refractivity contribution >= 4 is 11.6 Å². The minimum Gasteiger partial charge on any atom is -0.494 e. The van der Waals surface area contributed by atoms with Gasteiger partial charge in [-0.2, -0.15) is 0 Å². The van der Waals surface area contributed by atoms with E-state index in [-0.39, 0.29) is 5.41 Å². The number of hydrogen-bond acceptors (Lipinski definition) is 1. The van der Waals surface area contributed by atoms with Crippen LogP contribution < -0.4 is 4.74 Å². The molecule has 21 heavy (non-hydrogen) atoms. The summed E-state index contributed by atoms with van der Waals surface area (Å²) in [5.74, 6) is 1.59. The molecule has 0 radical (unpaired) electrons. The molecule has 0 aliphatic carbocycles. The van der Waals surface area contributed by atoms with Gasteiger partial charge in [-0.15, -0.1) is 11.6 Å². The number of hydrogen-bond donors (Lipinski definition) is 0. The molecule has 2 heteroatoms. The van der Waals surface area contributed by atoms with Crippen molar-refractivity contribution in [1.29, 1.82) is 0 Å². The fourth-order valence-corrected chi connectivity index (χ4v) is 3.15. The lowest BCUT2D eigenvalue weighted by atomic mass is 9.76. The molecule has 1 nitrogen and oxygen atoms in total. The summed E-state index contributed by atoms with van der Waals surface area (Å²) in [4.78, 5) is 0. The van der Waals surface area contributed by atoms with E-state index in [0.29, 0.717) is 5.88 Å². The van der Waals surface area contributed by atoms with E-state index in [0.717, 1.165) is 31.6 Å². The van der Waals surface area contributed by atoms with E-state index < -0.39 is 0 Å². The summed E-state index contributed by atoms with van der Waals surface area (Å²) in [5, 5.41) is 0. The molecule has 0 saturated carbocycles. The molecule has 0 bridgehead atoms. The van der Waals surface area contributed by atoms with Crippen molar-refractivity contribution in [1.82, 2.24) is 0 Å². The van der Waals surface area contributed by atoms with E-state index in [1.54, 1.807) is 0 Å². The molecule has 2 aromatic carbocycles. The highest BCUT2D eigenvalue weighted by Crippen LogP contribution is 2.34. The topological polar surface area (TPSA) is 9.23 Å². The molecule has 1 atom stereocenters. The maximum Gasteiger partial charge on any atom is 0.119 e. The van der Waals surface area contributed by atoms with Crippen molar-refractivity contribution < 1.29 is 4.74 Å². The number of halogens is 1. The summed E-state index contributed by atoms with van der Waals surface area (Å²) in [7, 11) is 0. The third-order valence-electron chi connectivity index (χ3n) is 4.13. The van der Waals surface area contributed by atoms with E-state index in [2.05, 4.69) is 37.3 Å². The predicted octanol–water partition coefficient (Wildman–Crippen LogP) is 5.43. The summed E-state index contributed by atoms with van der Waals surface area (Å²) < 4.78 is 5.78. The highest BCUT2D eigenvalue weighted by molar-refractivity contribution is 6.18. The second-order valence-corrected chi connectivity index (χ2v) is 5.67. The number of benzene rings is 2. The van der Waals surface area contributed by atoms with Crippen LogP contribution in [0.15, 0.2) is 60.7 Å². The van der Waals surface area contributed by atoms with Gasteiger partial charge in [-0.1, -0.05) is 55.5 Å². The Labute approximate surface area is 132 Å². The molecule has 0 fully saturated rings. The largest absolute Gasteiger partial charge is 0.494 e. The zero-order valence-corrected chi connectivity index (χ0v) is 13.4. The maximum atomic E-state index is 6.31. The van der Waals surface area contributed by atoms with Gasteiger partial charge in [0.15, 0.2) is 0 Å². The van der Waals surface area contributed by atoms with Crippen molar-refractivity contribution in [2.24, 2.45) is 0 Å². The van der Waals surface area contributed by atoms with Crippen LogP contribution in [0.3, 0.4) is 0 Å². The molecule has 1 unspecified atom stereocenters. The first-order valence-corrected chi connectivity index (χ1v) is 8.13. The van der Waals surface area contributed by atoms with Gasteiger partial charge in [-0.25, -0.2) is 0 Å². The average molecular weight is 303 g/mol. The minimum absolute atomic E-state index is 0.0584. The fourth-order valence-electron chi connectivity index (χ4n) is 2.67. The Hall–Kier alpha value is -1.47. The zero-order chi connectivity index (χ0) is 15.0.